The number of esters is 1. The van der Waals surface area contributed by atoms with Gasteiger partial charge in [0.05, 0.1) is 23.9 Å². The van der Waals surface area contributed by atoms with Gasteiger partial charge < -0.3 is 23.8 Å². The molecule has 1 saturated carbocycles. The first-order valence-corrected chi connectivity index (χ1v) is 12.8. The maximum absolute atomic E-state index is 12.5. The van der Waals surface area contributed by atoms with E-state index in [1.165, 1.54) is 12.5 Å². The van der Waals surface area contributed by atoms with Crippen LogP contribution in [0.1, 0.15) is 58.4 Å². The Hall–Kier alpha value is -1.89. The highest BCUT2D eigenvalue weighted by Gasteiger charge is 2.68. The van der Waals surface area contributed by atoms with Crippen molar-refractivity contribution < 1.29 is 23.7 Å². The Kier molecular flexibility index (Phi) is 7.70. The van der Waals surface area contributed by atoms with Gasteiger partial charge in [0.2, 0.25) is 0 Å². The van der Waals surface area contributed by atoms with Crippen LogP contribution in [0.2, 0.25) is 0 Å². The Labute approximate surface area is 204 Å². The number of rotatable bonds is 11. The lowest BCUT2D eigenvalue weighted by Gasteiger charge is -2.36. The number of carbonyl (C=O) groups excluding carboxylic acids is 1. The summed E-state index contributed by atoms with van der Waals surface area (Å²) in [6.45, 7) is 9.05. The molecule has 1 spiro atoms. The van der Waals surface area contributed by atoms with Crippen molar-refractivity contribution in [2.75, 3.05) is 33.9 Å². The Morgan fingerprint density at radius 2 is 2.00 bits per heavy atom. The molecule has 0 N–H and O–H groups in total. The number of ether oxygens (including phenoxy) is 4. The van der Waals surface area contributed by atoms with Gasteiger partial charge in [0.15, 0.2) is 0 Å². The zero-order valence-corrected chi connectivity index (χ0v) is 21.4. The van der Waals surface area contributed by atoms with E-state index in [0.29, 0.717) is 18.6 Å². The minimum atomic E-state index is -0.291. The highest BCUT2D eigenvalue weighted by atomic mass is 16.6. The maximum Gasteiger partial charge on any atom is 0.331 e. The van der Waals surface area contributed by atoms with Crippen molar-refractivity contribution in [3.8, 4) is 5.75 Å². The molecule has 34 heavy (non-hydrogen) atoms. The summed E-state index contributed by atoms with van der Waals surface area (Å²) >= 11 is 0. The van der Waals surface area contributed by atoms with Gasteiger partial charge in [-0.15, -0.1) is 0 Å². The summed E-state index contributed by atoms with van der Waals surface area (Å²) in [4.78, 5) is 14.6. The van der Waals surface area contributed by atoms with Crippen LogP contribution in [0.25, 0.3) is 6.08 Å². The Morgan fingerprint density at radius 1 is 1.26 bits per heavy atom. The highest BCUT2D eigenvalue weighted by Crippen LogP contribution is 2.59. The second kappa shape index (κ2) is 10.4. The third-order valence-corrected chi connectivity index (χ3v) is 7.60. The summed E-state index contributed by atoms with van der Waals surface area (Å²) in [6.07, 6.45) is 8.39. The number of nitrogens with zero attached hydrogens (tertiary/aromatic N) is 1. The highest BCUT2D eigenvalue weighted by molar-refractivity contribution is 5.87. The van der Waals surface area contributed by atoms with Crippen molar-refractivity contribution in [3.05, 3.63) is 35.9 Å². The lowest BCUT2D eigenvalue weighted by molar-refractivity contribution is -0.147. The van der Waals surface area contributed by atoms with E-state index in [1.807, 2.05) is 38.4 Å². The first-order valence-electron chi connectivity index (χ1n) is 12.8. The third-order valence-electron chi connectivity index (χ3n) is 7.60. The van der Waals surface area contributed by atoms with Crippen LogP contribution in [0.3, 0.4) is 0 Å². The minimum absolute atomic E-state index is 0.0591. The van der Waals surface area contributed by atoms with Crippen LogP contribution in [0, 0.1) is 11.8 Å². The lowest BCUT2D eigenvalue weighted by Crippen LogP contribution is -2.44. The van der Waals surface area contributed by atoms with Crippen molar-refractivity contribution >= 4 is 12.0 Å². The summed E-state index contributed by atoms with van der Waals surface area (Å²) in [5.74, 6) is 1.50. The van der Waals surface area contributed by atoms with E-state index in [2.05, 4.69) is 25.7 Å². The summed E-state index contributed by atoms with van der Waals surface area (Å²) in [5.41, 5.74) is 0.731. The van der Waals surface area contributed by atoms with Crippen LogP contribution in [0.15, 0.2) is 30.3 Å². The van der Waals surface area contributed by atoms with E-state index in [4.69, 9.17) is 18.9 Å². The molecule has 188 valence electrons. The van der Waals surface area contributed by atoms with E-state index in [0.717, 1.165) is 50.1 Å². The van der Waals surface area contributed by atoms with Gasteiger partial charge in [-0.1, -0.05) is 26.0 Å². The normalized spacial score (nSPS) is 32.5. The molecule has 0 radical (unpaired) electrons. The summed E-state index contributed by atoms with van der Waals surface area (Å²) < 4.78 is 23.7. The van der Waals surface area contributed by atoms with Crippen molar-refractivity contribution in [1.82, 2.24) is 4.90 Å². The van der Waals surface area contributed by atoms with Crippen LogP contribution in [-0.2, 0) is 19.0 Å². The second-order valence-corrected chi connectivity index (χ2v) is 11.1. The zero-order valence-electron chi connectivity index (χ0n) is 21.4. The largest absolute Gasteiger partial charge is 0.492 e. The molecule has 5 atom stereocenters. The van der Waals surface area contributed by atoms with E-state index in [-0.39, 0.29) is 29.2 Å². The number of likely N-dealkylation sites (N-methyl/N-ethyl adjacent to an activating group) is 1. The first-order chi connectivity index (χ1) is 16.2. The predicted octanol–water partition coefficient (Wildman–Crippen LogP) is 4.71. The number of epoxide rings is 2. The van der Waals surface area contributed by atoms with E-state index in [9.17, 15) is 4.79 Å². The average Bonchev–Trinajstić information content (AvgIpc) is 3.70. The average molecular weight is 472 g/mol. The number of carbonyl (C=O) groups is 1. The molecule has 4 rings (SSSR count). The molecule has 0 aromatic heterocycles. The van der Waals surface area contributed by atoms with Crippen molar-refractivity contribution in [2.24, 2.45) is 11.8 Å². The maximum atomic E-state index is 12.5. The van der Waals surface area contributed by atoms with E-state index in [1.54, 1.807) is 6.08 Å². The van der Waals surface area contributed by atoms with Crippen LogP contribution in [0.4, 0.5) is 0 Å². The fourth-order valence-corrected chi connectivity index (χ4v) is 5.27. The molecule has 1 aromatic rings. The van der Waals surface area contributed by atoms with Crippen molar-refractivity contribution in [3.63, 3.8) is 0 Å². The van der Waals surface area contributed by atoms with Gasteiger partial charge in [-0.2, -0.15) is 0 Å². The lowest BCUT2D eigenvalue weighted by atomic mass is 9.70. The number of benzene rings is 1. The van der Waals surface area contributed by atoms with Crippen LogP contribution >= 0.6 is 0 Å². The van der Waals surface area contributed by atoms with Crippen LogP contribution in [0.5, 0.6) is 5.75 Å². The molecule has 3 fully saturated rings. The Bertz CT molecular complexity index is 860. The molecule has 3 aliphatic rings. The molecule has 2 aliphatic heterocycles. The summed E-state index contributed by atoms with van der Waals surface area (Å²) in [6, 6.07) is 7.74. The van der Waals surface area contributed by atoms with Gasteiger partial charge in [0, 0.05) is 18.5 Å². The number of hydrogen-bond acceptors (Lipinski definition) is 6. The second-order valence-electron chi connectivity index (χ2n) is 11.1. The van der Waals surface area contributed by atoms with Gasteiger partial charge in [0.25, 0.3) is 0 Å². The van der Waals surface area contributed by atoms with Gasteiger partial charge in [0.1, 0.15) is 18.5 Å². The SMILES string of the molecule is CC(C)CCC1O[C@]1(C)C1CC(OC(=O)/C=C/c2ccc(OCCN(C)C)cc2)CCC12CO2. The molecule has 0 amide bonds. The van der Waals surface area contributed by atoms with Crippen LogP contribution < -0.4 is 4.74 Å². The molecular formula is C28H41NO5. The summed E-state index contributed by atoms with van der Waals surface area (Å²) in [5, 5.41) is 0. The molecule has 6 nitrogen and oxygen atoms in total. The fourth-order valence-electron chi connectivity index (χ4n) is 5.27. The zero-order chi connectivity index (χ0) is 24.3. The molecule has 0 bridgehead atoms. The molecular weight excluding hydrogens is 430 g/mol. The van der Waals surface area contributed by atoms with Gasteiger partial charge in [-0.05, 0) is 82.8 Å². The van der Waals surface area contributed by atoms with Crippen LogP contribution in [-0.4, -0.2) is 68.1 Å². The van der Waals surface area contributed by atoms with E-state index < -0.39 is 0 Å². The number of hydrogen-bond donors (Lipinski definition) is 0. The fraction of sp³-hybridized carbons (Fsp3) is 0.679. The van der Waals surface area contributed by atoms with Gasteiger partial charge >= 0.3 is 5.97 Å². The molecule has 1 aromatic carbocycles. The van der Waals surface area contributed by atoms with Gasteiger partial charge in [-0.25, -0.2) is 4.79 Å². The van der Waals surface area contributed by atoms with E-state index >= 15 is 0 Å². The monoisotopic (exact) mass is 471 g/mol. The molecule has 4 unspecified atom stereocenters. The summed E-state index contributed by atoms with van der Waals surface area (Å²) in [7, 11) is 4.04. The molecule has 2 saturated heterocycles. The predicted molar refractivity (Wildman–Crippen MR) is 133 cm³/mol. The minimum Gasteiger partial charge on any atom is -0.492 e. The molecule has 2 heterocycles. The van der Waals surface area contributed by atoms with Gasteiger partial charge in [-0.3, -0.25) is 0 Å². The van der Waals surface area contributed by atoms with Crippen molar-refractivity contribution in [2.45, 2.75) is 76.3 Å². The quantitative estimate of drug-likeness (QED) is 0.264. The Morgan fingerprint density at radius 3 is 2.65 bits per heavy atom. The third kappa shape index (κ3) is 6.21. The topological polar surface area (TPSA) is 63.8 Å². The first kappa shape index (κ1) is 25.2. The molecule has 6 heteroatoms. The molecule has 1 aliphatic carbocycles. The van der Waals surface area contributed by atoms with Crippen molar-refractivity contribution in [1.29, 1.82) is 0 Å². The smallest absolute Gasteiger partial charge is 0.331 e. The standard InChI is InChI=1S/C28H41NO5/c1-20(2)6-12-25-27(3,34-25)24-18-23(14-15-28(24)19-32-28)33-26(30)13-9-21-7-10-22(11-8-21)31-17-16-29(4)5/h7-11,13,20,23-25H,6,12,14-19H2,1-5H3/b13-9+/t23?,24?,25?,27-,28?/m1/s1. The Balaban J connectivity index is 1.27.